The molecule has 0 aliphatic carbocycles. The van der Waals surface area contributed by atoms with Crippen LogP contribution in [0.15, 0.2) is 0 Å². The number of nitrogens with zero attached hydrogens (tertiary/aromatic N) is 1. The molecule has 5 heteroatoms. The van der Waals surface area contributed by atoms with Crippen molar-refractivity contribution in [2.45, 2.75) is 45.1 Å². The minimum Gasteiger partial charge on any atom is -0.388 e. The Bertz CT molecular complexity index is 398. The Labute approximate surface area is 97.2 Å². The zero-order valence-electron chi connectivity index (χ0n) is 9.86. The molecule has 0 aromatic carbocycles. The molecule has 1 aliphatic heterocycles. The van der Waals surface area contributed by atoms with Crippen LogP contribution < -0.4 is 0 Å². The van der Waals surface area contributed by atoms with Crippen molar-refractivity contribution in [3.63, 3.8) is 0 Å². The molecule has 16 heavy (non-hydrogen) atoms. The van der Waals surface area contributed by atoms with Crippen LogP contribution in [-0.2, 0) is 9.84 Å². The highest BCUT2D eigenvalue weighted by Gasteiger charge is 2.55. The smallest absolute Gasteiger partial charge is 0.152 e. The van der Waals surface area contributed by atoms with E-state index in [4.69, 9.17) is 0 Å². The number of nitriles is 1. The van der Waals surface area contributed by atoms with Gasteiger partial charge in [0.2, 0.25) is 0 Å². The summed E-state index contributed by atoms with van der Waals surface area (Å²) in [5, 5.41) is 19.8. The van der Waals surface area contributed by atoms with Gasteiger partial charge in [0.25, 0.3) is 0 Å². The van der Waals surface area contributed by atoms with Crippen molar-refractivity contribution in [2.75, 3.05) is 11.5 Å². The third-order valence-corrected chi connectivity index (χ3v) is 5.42. The molecule has 2 atom stereocenters. The minimum atomic E-state index is -3.16. The predicted octanol–water partition coefficient (Wildman–Crippen LogP) is 1.26. The maximum atomic E-state index is 11.5. The lowest BCUT2D eigenvalue weighted by Crippen LogP contribution is -2.48. The van der Waals surface area contributed by atoms with E-state index in [1.807, 2.05) is 6.92 Å². The fraction of sp³-hybridized carbons (Fsp3) is 0.909. The van der Waals surface area contributed by atoms with E-state index in [0.29, 0.717) is 12.8 Å². The standard InChI is InChI=1S/C11H19NO3S/c1-3-5-11(13,4-2)10(8-12)6-7-16(14,15)9-10/h13H,3-7,9H2,1-2H3. The summed E-state index contributed by atoms with van der Waals surface area (Å²) < 4.78 is 23.0. The van der Waals surface area contributed by atoms with Gasteiger partial charge in [-0.3, -0.25) is 0 Å². The minimum absolute atomic E-state index is 0.0204. The van der Waals surface area contributed by atoms with E-state index >= 15 is 0 Å². The Morgan fingerprint density at radius 3 is 2.44 bits per heavy atom. The van der Waals surface area contributed by atoms with Crippen LogP contribution in [0.4, 0.5) is 0 Å². The lowest BCUT2D eigenvalue weighted by molar-refractivity contribution is -0.0544. The number of rotatable bonds is 4. The molecule has 0 saturated carbocycles. The number of hydrogen-bond acceptors (Lipinski definition) is 4. The van der Waals surface area contributed by atoms with Gasteiger partial charge < -0.3 is 5.11 Å². The fourth-order valence-corrected chi connectivity index (χ4v) is 4.61. The molecular formula is C11H19NO3S. The van der Waals surface area contributed by atoms with Gasteiger partial charge in [0.1, 0.15) is 5.41 Å². The quantitative estimate of drug-likeness (QED) is 0.808. The summed E-state index contributed by atoms with van der Waals surface area (Å²) in [7, 11) is -3.16. The van der Waals surface area contributed by atoms with Gasteiger partial charge in [-0.05, 0) is 19.3 Å². The molecule has 92 valence electrons. The third-order valence-electron chi connectivity index (χ3n) is 3.66. The van der Waals surface area contributed by atoms with Crippen molar-refractivity contribution in [2.24, 2.45) is 5.41 Å². The number of aliphatic hydroxyl groups is 1. The van der Waals surface area contributed by atoms with E-state index in [9.17, 15) is 18.8 Å². The molecule has 0 amide bonds. The summed E-state index contributed by atoms with van der Waals surface area (Å²) in [6, 6.07) is 2.08. The van der Waals surface area contributed by atoms with Gasteiger partial charge in [0, 0.05) is 0 Å². The van der Waals surface area contributed by atoms with Crippen molar-refractivity contribution < 1.29 is 13.5 Å². The number of hydrogen-bond donors (Lipinski definition) is 1. The Morgan fingerprint density at radius 2 is 2.12 bits per heavy atom. The first-order chi connectivity index (χ1) is 7.35. The summed E-state index contributed by atoms with van der Waals surface area (Å²) in [5.74, 6) is -0.173. The summed E-state index contributed by atoms with van der Waals surface area (Å²) in [4.78, 5) is 0. The van der Waals surface area contributed by atoms with Gasteiger partial charge in [-0.2, -0.15) is 5.26 Å². The van der Waals surface area contributed by atoms with Crippen molar-refractivity contribution >= 4 is 9.84 Å². The van der Waals surface area contributed by atoms with Gasteiger partial charge in [-0.15, -0.1) is 0 Å². The molecule has 0 aromatic rings. The Morgan fingerprint density at radius 1 is 1.50 bits per heavy atom. The summed E-state index contributed by atoms with van der Waals surface area (Å²) in [6.45, 7) is 3.73. The summed E-state index contributed by atoms with van der Waals surface area (Å²) in [5.41, 5.74) is -2.27. The van der Waals surface area contributed by atoms with Gasteiger partial charge in [0.05, 0.1) is 23.2 Å². The monoisotopic (exact) mass is 245 g/mol. The lowest BCUT2D eigenvalue weighted by Gasteiger charge is -2.38. The molecule has 1 N–H and O–H groups in total. The Kier molecular flexibility index (Phi) is 3.65. The van der Waals surface area contributed by atoms with Crippen LogP contribution >= 0.6 is 0 Å². The van der Waals surface area contributed by atoms with Gasteiger partial charge in [-0.1, -0.05) is 20.3 Å². The summed E-state index contributed by atoms with van der Waals surface area (Å²) >= 11 is 0. The van der Waals surface area contributed by atoms with E-state index in [-0.39, 0.29) is 17.9 Å². The molecular weight excluding hydrogens is 226 g/mol. The Balaban J connectivity index is 3.11. The van der Waals surface area contributed by atoms with E-state index in [2.05, 4.69) is 6.07 Å². The molecule has 0 radical (unpaired) electrons. The molecule has 1 rings (SSSR count). The predicted molar refractivity (Wildman–Crippen MR) is 61.5 cm³/mol. The molecule has 4 nitrogen and oxygen atoms in total. The second kappa shape index (κ2) is 4.34. The highest BCUT2D eigenvalue weighted by atomic mass is 32.2. The zero-order valence-corrected chi connectivity index (χ0v) is 10.7. The molecule has 1 heterocycles. The third kappa shape index (κ3) is 2.09. The molecule has 0 bridgehead atoms. The van der Waals surface area contributed by atoms with Crippen LogP contribution in [0.25, 0.3) is 0 Å². The van der Waals surface area contributed by atoms with Gasteiger partial charge >= 0.3 is 0 Å². The van der Waals surface area contributed by atoms with E-state index in [1.165, 1.54) is 0 Å². The average Bonchev–Trinajstić information content (AvgIpc) is 2.56. The summed E-state index contributed by atoms with van der Waals surface area (Å²) in [6.07, 6.45) is 1.90. The molecule has 2 unspecified atom stereocenters. The average molecular weight is 245 g/mol. The first-order valence-electron chi connectivity index (χ1n) is 5.69. The molecule has 1 fully saturated rings. The van der Waals surface area contributed by atoms with Crippen LogP contribution in [0, 0.1) is 16.7 Å². The highest BCUT2D eigenvalue weighted by molar-refractivity contribution is 7.91. The molecule has 1 aliphatic rings. The second-order valence-corrected chi connectivity index (χ2v) is 6.86. The maximum Gasteiger partial charge on any atom is 0.152 e. The van der Waals surface area contributed by atoms with E-state index in [0.717, 1.165) is 6.42 Å². The van der Waals surface area contributed by atoms with Crippen LogP contribution in [0.2, 0.25) is 0 Å². The first kappa shape index (κ1) is 13.5. The van der Waals surface area contributed by atoms with Gasteiger partial charge in [0.15, 0.2) is 9.84 Å². The normalized spacial score (nSPS) is 31.9. The van der Waals surface area contributed by atoms with Crippen LogP contribution in [0.5, 0.6) is 0 Å². The molecule has 0 spiro atoms. The Hall–Kier alpha value is -0.600. The van der Waals surface area contributed by atoms with Crippen LogP contribution in [0.3, 0.4) is 0 Å². The molecule has 1 saturated heterocycles. The van der Waals surface area contributed by atoms with E-state index < -0.39 is 20.9 Å². The largest absolute Gasteiger partial charge is 0.388 e. The van der Waals surface area contributed by atoms with E-state index in [1.54, 1.807) is 6.92 Å². The van der Waals surface area contributed by atoms with Crippen molar-refractivity contribution in [3.05, 3.63) is 0 Å². The zero-order chi connectivity index (χ0) is 12.4. The SMILES string of the molecule is CCCC(O)(CC)C1(C#N)CCS(=O)(=O)C1. The first-order valence-corrected chi connectivity index (χ1v) is 7.51. The van der Waals surface area contributed by atoms with Crippen molar-refractivity contribution in [1.82, 2.24) is 0 Å². The van der Waals surface area contributed by atoms with Crippen LogP contribution in [-0.4, -0.2) is 30.6 Å². The van der Waals surface area contributed by atoms with Crippen molar-refractivity contribution in [3.8, 4) is 6.07 Å². The molecule has 0 aromatic heterocycles. The lowest BCUT2D eigenvalue weighted by atomic mass is 9.69. The topological polar surface area (TPSA) is 78.2 Å². The maximum absolute atomic E-state index is 11.5. The fourth-order valence-electron chi connectivity index (χ4n) is 2.58. The number of sulfone groups is 1. The highest BCUT2D eigenvalue weighted by Crippen LogP contribution is 2.45. The van der Waals surface area contributed by atoms with Crippen molar-refractivity contribution in [1.29, 1.82) is 5.26 Å². The second-order valence-electron chi connectivity index (χ2n) is 4.67. The van der Waals surface area contributed by atoms with Gasteiger partial charge in [-0.25, -0.2) is 8.42 Å². The van der Waals surface area contributed by atoms with Crippen LogP contribution in [0.1, 0.15) is 39.5 Å².